The summed E-state index contributed by atoms with van der Waals surface area (Å²) in [4.78, 5) is 9.60. The summed E-state index contributed by atoms with van der Waals surface area (Å²) in [6.45, 7) is 15.5. The number of rotatable bonds is 10. The van der Waals surface area contributed by atoms with Crippen LogP contribution in [-0.2, 0) is 16.0 Å². The molecular formula is C23H40IN5O3. The molecule has 0 aromatic heterocycles. The van der Waals surface area contributed by atoms with Gasteiger partial charge < -0.3 is 24.8 Å². The molecule has 9 heteroatoms. The minimum atomic E-state index is 0. The number of ether oxygens (including phenoxy) is 3. The molecule has 0 bridgehead atoms. The van der Waals surface area contributed by atoms with Crippen molar-refractivity contribution in [3.63, 3.8) is 0 Å². The van der Waals surface area contributed by atoms with E-state index in [1.165, 1.54) is 0 Å². The number of morpholine rings is 2. The van der Waals surface area contributed by atoms with Gasteiger partial charge in [0.1, 0.15) is 12.4 Å². The average molecular weight is 562 g/mol. The van der Waals surface area contributed by atoms with E-state index < -0.39 is 0 Å². The van der Waals surface area contributed by atoms with Gasteiger partial charge in [-0.05, 0) is 31.5 Å². The molecule has 1 aromatic rings. The monoisotopic (exact) mass is 561 g/mol. The Bertz CT molecular complexity index is 667. The predicted octanol–water partition coefficient (Wildman–Crippen LogP) is 1.79. The maximum Gasteiger partial charge on any atom is 0.191 e. The van der Waals surface area contributed by atoms with E-state index >= 15 is 0 Å². The van der Waals surface area contributed by atoms with Gasteiger partial charge in [-0.2, -0.15) is 0 Å². The molecule has 0 saturated carbocycles. The third kappa shape index (κ3) is 9.78. The number of nitrogens with zero attached hydrogens (tertiary/aromatic N) is 3. The van der Waals surface area contributed by atoms with E-state index in [0.717, 1.165) is 89.5 Å². The van der Waals surface area contributed by atoms with Crippen LogP contribution in [-0.4, -0.2) is 101 Å². The lowest BCUT2D eigenvalue weighted by atomic mass is 10.2. The fourth-order valence-corrected chi connectivity index (χ4v) is 3.75. The van der Waals surface area contributed by atoms with Crippen molar-refractivity contribution in [2.24, 2.45) is 4.99 Å². The molecule has 8 nitrogen and oxygen atoms in total. The highest BCUT2D eigenvalue weighted by Gasteiger charge is 2.17. The molecule has 2 saturated heterocycles. The molecule has 2 aliphatic heterocycles. The summed E-state index contributed by atoms with van der Waals surface area (Å²) in [5.74, 6) is 1.75. The smallest absolute Gasteiger partial charge is 0.191 e. The molecule has 182 valence electrons. The topological polar surface area (TPSA) is 70.6 Å². The van der Waals surface area contributed by atoms with E-state index in [1.54, 1.807) is 0 Å². The number of nitrogens with one attached hydrogen (secondary N) is 2. The second kappa shape index (κ2) is 15.7. The van der Waals surface area contributed by atoms with Crippen LogP contribution in [0.15, 0.2) is 29.3 Å². The molecule has 0 amide bonds. The molecule has 2 heterocycles. The van der Waals surface area contributed by atoms with E-state index in [9.17, 15) is 0 Å². The Morgan fingerprint density at radius 3 is 2.53 bits per heavy atom. The standard InChI is InChI=1S/C23H39N5O3.HI/c1-3-24-23(25-18-20(2)28-10-14-30-15-11-28)26-19-21-5-4-6-22(17-21)31-16-9-27-7-12-29-13-8-27;/h4-6,17,20H,3,7-16,18-19H2,1-2H3,(H2,24,25,26);1H. The maximum atomic E-state index is 5.97. The quantitative estimate of drug-likeness (QED) is 0.257. The number of hydrogen-bond donors (Lipinski definition) is 2. The summed E-state index contributed by atoms with van der Waals surface area (Å²) < 4.78 is 16.8. The SMILES string of the molecule is CCNC(=NCc1cccc(OCCN2CCOCC2)c1)NCC(C)N1CCOCC1.I. The lowest BCUT2D eigenvalue weighted by Gasteiger charge is -2.32. The Hall–Kier alpha value is -1.14. The lowest BCUT2D eigenvalue weighted by Crippen LogP contribution is -2.49. The van der Waals surface area contributed by atoms with Crippen LogP contribution in [0.4, 0.5) is 0 Å². The first-order valence-corrected chi connectivity index (χ1v) is 11.6. The molecule has 1 unspecified atom stereocenters. The van der Waals surface area contributed by atoms with Crippen LogP contribution < -0.4 is 15.4 Å². The van der Waals surface area contributed by atoms with Gasteiger partial charge >= 0.3 is 0 Å². The molecule has 3 rings (SSSR count). The Morgan fingerprint density at radius 2 is 1.81 bits per heavy atom. The van der Waals surface area contributed by atoms with Crippen molar-refractivity contribution in [3.05, 3.63) is 29.8 Å². The fourth-order valence-electron chi connectivity index (χ4n) is 3.75. The summed E-state index contributed by atoms with van der Waals surface area (Å²) in [5, 5.41) is 6.83. The second-order valence-electron chi connectivity index (χ2n) is 8.02. The third-order valence-corrected chi connectivity index (χ3v) is 5.68. The molecule has 2 aliphatic rings. The highest BCUT2D eigenvalue weighted by atomic mass is 127. The van der Waals surface area contributed by atoms with Crippen LogP contribution in [0, 0.1) is 0 Å². The first kappa shape index (κ1) is 27.1. The number of hydrogen-bond acceptors (Lipinski definition) is 6. The van der Waals surface area contributed by atoms with Crippen molar-refractivity contribution in [1.82, 2.24) is 20.4 Å². The van der Waals surface area contributed by atoms with Gasteiger partial charge in [-0.3, -0.25) is 9.80 Å². The third-order valence-electron chi connectivity index (χ3n) is 5.68. The first-order chi connectivity index (χ1) is 15.2. The highest BCUT2D eigenvalue weighted by Crippen LogP contribution is 2.14. The molecular weight excluding hydrogens is 521 g/mol. The summed E-state index contributed by atoms with van der Waals surface area (Å²) in [6.07, 6.45) is 0. The van der Waals surface area contributed by atoms with Gasteiger partial charge in [0, 0.05) is 51.9 Å². The van der Waals surface area contributed by atoms with Gasteiger partial charge in [0.05, 0.1) is 33.0 Å². The van der Waals surface area contributed by atoms with E-state index in [-0.39, 0.29) is 24.0 Å². The van der Waals surface area contributed by atoms with Crippen LogP contribution in [0.3, 0.4) is 0 Å². The van der Waals surface area contributed by atoms with Crippen molar-refractivity contribution in [1.29, 1.82) is 0 Å². The lowest BCUT2D eigenvalue weighted by molar-refractivity contribution is 0.0211. The van der Waals surface area contributed by atoms with Crippen molar-refractivity contribution < 1.29 is 14.2 Å². The van der Waals surface area contributed by atoms with Gasteiger partial charge in [-0.25, -0.2) is 4.99 Å². The van der Waals surface area contributed by atoms with Crippen molar-refractivity contribution in [3.8, 4) is 5.75 Å². The Balaban J connectivity index is 0.00000363. The zero-order valence-corrected chi connectivity index (χ0v) is 21.9. The summed E-state index contributed by atoms with van der Waals surface area (Å²) in [5.41, 5.74) is 1.14. The normalized spacial score (nSPS) is 19.1. The van der Waals surface area contributed by atoms with E-state index in [2.05, 4.69) is 46.4 Å². The number of aliphatic imine (C=N–C) groups is 1. The van der Waals surface area contributed by atoms with Crippen LogP contribution in [0.25, 0.3) is 0 Å². The number of guanidine groups is 1. The largest absolute Gasteiger partial charge is 0.492 e. The molecule has 0 radical (unpaired) electrons. The predicted molar refractivity (Wildman–Crippen MR) is 139 cm³/mol. The summed E-state index contributed by atoms with van der Waals surface area (Å²) in [6, 6.07) is 8.67. The van der Waals surface area contributed by atoms with Crippen LogP contribution in [0.5, 0.6) is 5.75 Å². The molecule has 32 heavy (non-hydrogen) atoms. The summed E-state index contributed by atoms with van der Waals surface area (Å²) >= 11 is 0. The molecule has 1 atom stereocenters. The van der Waals surface area contributed by atoms with Crippen molar-refractivity contribution in [2.45, 2.75) is 26.4 Å². The zero-order chi connectivity index (χ0) is 21.7. The zero-order valence-electron chi connectivity index (χ0n) is 19.6. The molecule has 0 aliphatic carbocycles. The minimum Gasteiger partial charge on any atom is -0.492 e. The van der Waals surface area contributed by atoms with Crippen LogP contribution in [0.2, 0.25) is 0 Å². The van der Waals surface area contributed by atoms with Crippen molar-refractivity contribution >= 4 is 29.9 Å². The van der Waals surface area contributed by atoms with Crippen LogP contribution in [0.1, 0.15) is 19.4 Å². The Kier molecular flexibility index (Phi) is 13.3. The second-order valence-corrected chi connectivity index (χ2v) is 8.02. The highest BCUT2D eigenvalue weighted by molar-refractivity contribution is 14.0. The van der Waals surface area contributed by atoms with E-state index in [4.69, 9.17) is 19.2 Å². The number of halogens is 1. The number of benzene rings is 1. The average Bonchev–Trinajstić information content (AvgIpc) is 2.82. The molecule has 2 N–H and O–H groups in total. The van der Waals surface area contributed by atoms with E-state index in [0.29, 0.717) is 19.2 Å². The van der Waals surface area contributed by atoms with Crippen molar-refractivity contribution in [2.75, 3.05) is 78.8 Å². The maximum absolute atomic E-state index is 5.97. The molecule has 0 spiro atoms. The van der Waals surface area contributed by atoms with Gasteiger partial charge in [0.2, 0.25) is 0 Å². The van der Waals surface area contributed by atoms with Gasteiger partial charge in [0.15, 0.2) is 5.96 Å². The van der Waals surface area contributed by atoms with Crippen LogP contribution >= 0.6 is 24.0 Å². The Labute approximate surface area is 210 Å². The van der Waals surface area contributed by atoms with Gasteiger partial charge in [-0.15, -0.1) is 24.0 Å². The van der Waals surface area contributed by atoms with Gasteiger partial charge in [0.25, 0.3) is 0 Å². The fraction of sp³-hybridized carbons (Fsp3) is 0.696. The first-order valence-electron chi connectivity index (χ1n) is 11.6. The van der Waals surface area contributed by atoms with Gasteiger partial charge in [-0.1, -0.05) is 12.1 Å². The minimum absolute atomic E-state index is 0. The Morgan fingerprint density at radius 1 is 1.09 bits per heavy atom. The molecule has 2 fully saturated rings. The van der Waals surface area contributed by atoms with E-state index in [1.807, 2.05) is 12.1 Å². The summed E-state index contributed by atoms with van der Waals surface area (Å²) in [7, 11) is 0. The molecule has 1 aromatic carbocycles.